The fraction of sp³-hybridized carbons (Fsp3) is 0.400. The quantitative estimate of drug-likeness (QED) is 0.277. The van der Waals surface area contributed by atoms with Crippen LogP contribution >= 0.6 is 23.1 Å². The van der Waals surface area contributed by atoms with Gasteiger partial charge in [0, 0.05) is 37.6 Å². The largest absolute Gasteiger partial charge is 0.374 e. The van der Waals surface area contributed by atoms with Crippen LogP contribution in [0.1, 0.15) is 16.0 Å². The first kappa shape index (κ1) is 24.7. The average Bonchev–Trinajstić information content (AvgIpc) is 3.12. The number of ether oxygens (including phenoxy) is 1. The van der Waals surface area contributed by atoms with Crippen LogP contribution in [-0.4, -0.2) is 58.5 Å². The van der Waals surface area contributed by atoms with Crippen molar-refractivity contribution in [3.05, 3.63) is 69.3 Å². The van der Waals surface area contributed by atoms with Gasteiger partial charge in [0.05, 0.1) is 23.8 Å². The number of nitrogens with one attached hydrogen (secondary N) is 1. The van der Waals surface area contributed by atoms with E-state index >= 15 is 0 Å². The number of nitrogens with zero attached hydrogens (tertiary/aromatic N) is 3. The molecule has 1 unspecified atom stereocenters. The maximum atomic E-state index is 13.1. The minimum atomic E-state index is -0.105. The zero-order valence-electron chi connectivity index (χ0n) is 19.6. The number of rotatable bonds is 9. The van der Waals surface area contributed by atoms with Crippen LogP contribution in [0.3, 0.4) is 0 Å². The number of allylic oxidation sites excluding steroid dienone is 1. The molecule has 1 aliphatic rings. The van der Waals surface area contributed by atoms with Crippen molar-refractivity contribution in [2.45, 2.75) is 38.2 Å². The van der Waals surface area contributed by atoms with E-state index in [4.69, 9.17) is 9.72 Å². The highest BCUT2D eigenvalue weighted by Crippen LogP contribution is 2.28. The molecule has 2 aromatic heterocycles. The molecule has 4 rings (SSSR count). The number of thiophene rings is 1. The van der Waals surface area contributed by atoms with Gasteiger partial charge in [-0.15, -0.1) is 17.9 Å². The number of carbonyl (C=O) groups is 1. The van der Waals surface area contributed by atoms with Gasteiger partial charge in [0.25, 0.3) is 5.56 Å². The van der Waals surface area contributed by atoms with E-state index in [0.29, 0.717) is 30.2 Å². The van der Waals surface area contributed by atoms with E-state index in [1.54, 1.807) is 10.6 Å². The van der Waals surface area contributed by atoms with E-state index in [0.717, 1.165) is 34.9 Å². The molecule has 180 valence electrons. The molecule has 1 atom stereocenters. The molecule has 9 heteroatoms. The second kappa shape index (κ2) is 11.3. The zero-order valence-corrected chi connectivity index (χ0v) is 21.2. The molecule has 1 amide bonds. The molecule has 0 aliphatic carbocycles. The fourth-order valence-corrected chi connectivity index (χ4v) is 5.92. The molecule has 0 spiro atoms. The Balaban J connectivity index is 1.33. The van der Waals surface area contributed by atoms with Gasteiger partial charge >= 0.3 is 0 Å². The molecule has 1 aromatic carbocycles. The number of benzene rings is 1. The maximum absolute atomic E-state index is 13.1. The van der Waals surface area contributed by atoms with Crippen molar-refractivity contribution < 1.29 is 9.53 Å². The molecule has 0 radical (unpaired) electrons. The number of aromatic nitrogens is 2. The number of morpholine rings is 1. The van der Waals surface area contributed by atoms with Crippen LogP contribution in [0.25, 0.3) is 10.2 Å². The Labute approximate surface area is 207 Å². The van der Waals surface area contributed by atoms with Gasteiger partial charge in [0.1, 0.15) is 4.83 Å². The molecule has 1 N–H and O–H groups in total. The molecule has 0 bridgehead atoms. The molecular formula is C25H30N4O3S2. The summed E-state index contributed by atoms with van der Waals surface area (Å²) in [6.07, 6.45) is 1.63. The summed E-state index contributed by atoms with van der Waals surface area (Å²) in [7, 11) is 0. The van der Waals surface area contributed by atoms with Gasteiger partial charge in [-0.1, -0.05) is 48.2 Å². The van der Waals surface area contributed by atoms with E-state index in [-0.39, 0.29) is 23.3 Å². The Hall–Kier alpha value is -2.46. The summed E-state index contributed by atoms with van der Waals surface area (Å²) < 4.78 is 7.45. The highest BCUT2D eigenvalue weighted by molar-refractivity contribution is 7.99. The lowest BCUT2D eigenvalue weighted by Gasteiger charge is -2.33. The van der Waals surface area contributed by atoms with E-state index in [1.807, 2.05) is 32.0 Å². The number of hydrogen-bond donors (Lipinski definition) is 1. The number of hydrogen-bond acceptors (Lipinski definition) is 7. The highest BCUT2D eigenvalue weighted by Gasteiger charge is 2.22. The second-order valence-electron chi connectivity index (χ2n) is 8.37. The maximum Gasteiger partial charge on any atom is 0.263 e. The van der Waals surface area contributed by atoms with Crippen LogP contribution in [0.2, 0.25) is 0 Å². The van der Waals surface area contributed by atoms with Crippen molar-refractivity contribution in [3.8, 4) is 0 Å². The van der Waals surface area contributed by atoms with Gasteiger partial charge in [-0.3, -0.25) is 19.1 Å². The van der Waals surface area contributed by atoms with Gasteiger partial charge in [0.15, 0.2) is 5.16 Å². The average molecular weight is 499 g/mol. The zero-order chi connectivity index (χ0) is 24.1. The summed E-state index contributed by atoms with van der Waals surface area (Å²) in [5, 5.41) is 4.18. The summed E-state index contributed by atoms with van der Waals surface area (Å²) in [5.74, 6) is 0.0746. The highest BCUT2D eigenvalue weighted by atomic mass is 32.2. The molecule has 7 nitrogen and oxygen atoms in total. The minimum Gasteiger partial charge on any atom is -0.374 e. The van der Waals surface area contributed by atoms with Crippen molar-refractivity contribution in [3.63, 3.8) is 0 Å². The number of carbonyl (C=O) groups excluding carboxylic acids is 1. The number of thioether (sulfide) groups is 1. The molecule has 3 heterocycles. The van der Waals surface area contributed by atoms with E-state index in [1.165, 1.54) is 28.7 Å². The number of amides is 1. The van der Waals surface area contributed by atoms with Crippen molar-refractivity contribution >= 4 is 39.2 Å². The lowest BCUT2D eigenvalue weighted by atomic mass is 10.2. The SMILES string of the molecule is C=CCn1c(SCC(=O)NCC2CN(Cc3ccccc3)CCO2)nc2sc(C)c(C)c2c1=O. The molecule has 1 saturated heterocycles. The summed E-state index contributed by atoms with van der Waals surface area (Å²) in [5.41, 5.74) is 2.16. The van der Waals surface area contributed by atoms with Gasteiger partial charge in [-0.2, -0.15) is 0 Å². The van der Waals surface area contributed by atoms with E-state index in [9.17, 15) is 9.59 Å². The topological polar surface area (TPSA) is 76.5 Å². The van der Waals surface area contributed by atoms with Crippen LogP contribution in [0.5, 0.6) is 0 Å². The van der Waals surface area contributed by atoms with Crippen LogP contribution in [0.15, 0.2) is 52.9 Å². The van der Waals surface area contributed by atoms with Crippen LogP contribution in [0, 0.1) is 13.8 Å². The Kier molecular flexibility index (Phi) is 8.20. The minimum absolute atomic E-state index is 0.0445. The smallest absolute Gasteiger partial charge is 0.263 e. The second-order valence-corrected chi connectivity index (χ2v) is 10.5. The van der Waals surface area contributed by atoms with E-state index in [2.05, 4.69) is 28.9 Å². The van der Waals surface area contributed by atoms with Gasteiger partial charge in [0.2, 0.25) is 5.91 Å². The van der Waals surface area contributed by atoms with Crippen LogP contribution < -0.4 is 10.9 Å². The third-order valence-electron chi connectivity index (χ3n) is 5.90. The Morgan fingerprint density at radius 2 is 2.15 bits per heavy atom. The summed E-state index contributed by atoms with van der Waals surface area (Å²) in [6.45, 7) is 11.7. The van der Waals surface area contributed by atoms with Crippen molar-refractivity contribution in [1.82, 2.24) is 19.8 Å². The van der Waals surface area contributed by atoms with Crippen LogP contribution in [-0.2, 0) is 22.6 Å². The lowest BCUT2D eigenvalue weighted by Crippen LogP contribution is -2.47. The van der Waals surface area contributed by atoms with Gasteiger partial charge < -0.3 is 10.1 Å². The van der Waals surface area contributed by atoms with Crippen molar-refractivity contribution in [1.29, 1.82) is 0 Å². The first-order chi connectivity index (χ1) is 16.5. The molecule has 1 aliphatic heterocycles. The van der Waals surface area contributed by atoms with Crippen LogP contribution in [0.4, 0.5) is 0 Å². The fourth-order valence-electron chi connectivity index (χ4n) is 4.01. The first-order valence-corrected chi connectivity index (χ1v) is 13.1. The summed E-state index contributed by atoms with van der Waals surface area (Å²) in [4.78, 5) is 34.5. The normalized spacial score (nSPS) is 16.6. The Bertz CT molecular complexity index is 1220. The molecule has 34 heavy (non-hydrogen) atoms. The monoisotopic (exact) mass is 498 g/mol. The van der Waals surface area contributed by atoms with Gasteiger partial charge in [-0.05, 0) is 25.0 Å². The number of aryl methyl sites for hydroxylation is 2. The third kappa shape index (κ3) is 5.78. The van der Waals surface area contributed by atoms with Crippen molar-refractivity contribution in [2.24, 2.45) is 0 Å². The molecule has 0 saturated carbocycles. The number of fused-ring (bicyclic) bond motifs is 1. The summed E-state index contributed by atoms with van der Waals surface area (Å²) >= 11 is 2.79. The van der Waals surface area contributed by atoms with Gasteiger partial charge in [-0.25, -0.2) is 4.98 Å². The first-order valence-electron chi connectivity index (χ1n) is 11.3. The lowest BCUT2D eigenvalue weighted by molar-refractivity contribution is -0.119. The van der Waals surface area contributed by atoms with E-state index < -0.39 is 0 Å². The molecule has 1 fully saturated rings. The third-order valence-corrected chi connectivity index (χ3v) is 7.97. The Morgan fingerprint density at radius 3 is 2.91 bits per heavy atom. The predicted molar refractivity (Wildman–Crippen MR) is 139 cm³/mol. The standard InChI is InChI=1S/C25H30N4O3S2/c1-4-10-29-24(31)22-17(2)18(3)34-23(22)27-25(29)33-16-21(30)26-13-20-15-28(11-12-32-20)14-19-8-6-5-7-9-19/h4-9,20H,1,10-16H2,2-3H3,(H,26,30). The molecule has 3 aromatic rings. The molecular weight excluding hydrogens is 468 g/mol. The Morgan fingerprint density at radius 1 is 1.35 bits per heavy atom. The summed E-state index contributed by atoms with van der Waals surface area (Å²) in [6, 6.07) is 10.4. The predicted octanol–water partition coefficient (Wildman–Crippen LogP) is 3.37. The van der Waals surface area contributed by atoms with Crippen molar-refractivity contribution in [2.75, 3.05) is 32.0 Å².